The maximum Gasteiger partial charge on any atom is 1.00 e. The Labute approximate surface area is 281 Å². The molecule has 0 aliphatic carbocycles. The number of Topliss-reactive ketones (excluding diaryl/α,β-unsaturated/α-hetero) is 1. The van der Waals surface area contributed by atoms with Gasteiger partial charge in [0, 0.05) is 28.8 Å². The molecule has 3 aromatic carbocycles. The summed E-state index contributed by atoms with van der Waals surface area (Å²) >= 11 is 13.7. The largest absolute Gasteiger partial charge is 1.00 e. The summed E-state index contributed by atoms with van der Waals surface area (Å²) in [6.45, 7) is 4.01. The maximum absolute atomic E-state index is 15.0. The fourth-order valence-corrected chi connectivity index (χ4v) is 6.08. The first-order valence-electron chi connectivity index (χ1n) is 12.5. The number of halogens is 4. The van der Waals surface area contributed by atoms with E-state index in [4.69, 9.17) is 27.8 Å². The van der Waals surface area contributed by atoms with Crippen LogP contribution < -0.4 is 29.6 Å². The van der Waals surface area contributed by atoms with Crippen molar-refractivity contribution in [2.24, 2.45) is 0 Å². The second-order valence-corrected chi connectivity index (χ2v) is 13.2. The van der Waals surface area contributed by atoms with Gasteiger partial charge in [-0.05, 0) is 60.0 Å². The molecule has 13 heteroatoms. The van der Waals surface area contributed by atoms with Gasteiger partial charge in [-0.25, -0.2) is 13.8 Å². The zero-order chi connectivity index (χ0) is 29.9. The van der Waals surface area contributed by atoms with Crippen molar-refractivity contribution < 1.29 is 57.5 Å². The van der Waals surface area contributed by atoms with E-state index in [9.17, 15) is 22.0 Å². The number of carbonyl (C=O) groups excluding carboxylic acids is 1. The number of thioether (sulfide) groups is 1. The number of carbonyl (C=O) groups is 1. The van der Waals surface area contributed by atoms with Gasteiger partial charge in [0.2, 0.25) is 0 Å². The van der Waals surface area contributed by atoms with Crippen LogP contribution in [0.2, 0.25) is 10.0 Å². The summed E-state index contributed by atoms with van der Waals surface area (Å²) in [5.41, 5.74) is 2.19. The van der Waals surface area contributed by atoms with Crippen LogP contribution in [0, 0.1) is 11.6 Å². The van der Waals surface area contributed by atoms with Crippen LogP contribution in [-0.4, -0.2) is 34.1 Å². The Morgan fingerprint density at radius 2 is 1.74 bits per heavy atom. The fourth-order valence-electron chi connectivity index (χ4n) is 4.29. The molecule has 0 saturated carbocycles. The number of hydrogen-bond acceptors (Lipinski definition) is 5. The van der Waals surface area contributed by atoms with Gasteiger partial charge in [0.15, 0.2) is 10.9 Å². The molecule has 0 saturated heterocycles. The smallest absolute Gasteiger partial charge is 1.00 e. The minimum atomic E-state index is -4.17. The quantitative estimate of drug-likeness (QED) is 0.105. The van der Waals surface area contributed by atoms with Crippen molar-refractivity contribution in [2.45, 2.75) is 43.0 Å². The first-order valence-corrected chi connectivity index (χ1v) is 15.8. The van der Waals surface area contributed by atoms with E-state index in [0.717, 1.165) is 17.3 Å². The summed E-state index contributed by atoms with van der Waals surface area (Å²) in [4.78, 5) is 17.0. The van der Waals surface area contributed by atoms with Crippen LogP contribution in [0.3, 0.4) is 0 Å². The standard InChI is InChI=1S/C29H26Cl2F2N2O4S2.Na.H/c1-29(2,20-7-12-23(30)24(31)15-20)27-16-34-28(35(27)22-10-8-21(32)9-11-22)40-17-19-6-5-18(14-25(19)33)26(36)4-3-13-41(37,38)39;;/h5-12,14-16H,3-4,13,17H2,1-2H3,(H,37,38,39);;/q;+1;-1. The maximum atomic E-state index is 15.0. The van der Waals surface area contributed by atoms with E-state index in [1.54, 1.807) is 30.5 Å². The van der Waals surface area contributed by atoms with Crippen LogP contribution >= 0.6 is 35.0 Å². The first-order chi connectivity index (χ1) is 19.3. The van der Waals surface area contributed by atoms with Gasteiger partial charge in [-0.2, -0.15) is 8.42 Å². The van der Waals surface area contributed by atoms with Gasteiger partial charge >= 0.3 is 29.6 Å². The number of ketones is 1. The normalized spacial score (nSPS) is 11.8. The summed E-state index contributed by atoms with van der Waals surface area (Å²) in [5.74, 6) is -1.75. The van der Waals surface area contributed by atoms with Crippen molar-refractivity contribution in [3.63, 3.8) is 0 Å². The number of nitrogens with zero attached hydrogens (tertiary/aromatic N) is 2. The number of aromatic nitrogens is 2. The molecule has 0 amide bonds. The van der Waals surface area contributed by atoms with E-state index < -0.39 is 32.9 Å². The van der Waals surface area contributed by atoms with E-state index in [2.05, 4.69) is 4.98 Å². The molecular weight excluding hydrogens is 636 g/mol. The van der Waals surface area contributed by atoms with Gasteiger partial charge in [0.05, 0.1) is 27.7 Å². The zero-order valence-corrected chi connectivity index (χ0v) is 28.2. The van der Waals surface area contributed by atoms with Crippen LogP contribution in [0.1, 0.15) is 55.3 Å². The molecule has 0 aliphatic rings. The second-order valence-electron chi connectivity index (χ2n) is 9.90. The molecular formula is C29H27Cl2F2N2NaO4S2. The molecule has 218 valence electrons. The molecule has 4 rings (SSSR count). The molecule has 0 fully saturated rings. The molecule has 0 aliphatic heterocycles. The molecule has 0 unspecified atom stereocenters. The van der Waals surface area contributed by atoms with Crippen molar-refractivity contribution in [1.29, 1.82) is 0 Å². The molecule has 0 atom stereocenters. The van der Waals surface area contributed by atoms with Crippen molar-refractivity contribution >= 4 is 50.9 Å². The van der Waals surface area contributed by atoms with Gasteiger partial charge < -0.3 is 1.43 Å². The minimum Gasteiger partial charge on any atom is -1.00 e. The molecule has 4 aromatic rings. The van der Waals surface area contributed by atoms with Crippen LogP contribution in [0.15, 0.2) is 72.0 Å². The van der Waals surface area contributed by atoms with E-state index in [1.807, 2.05) is 24.5 Å². The van der Waals surface area contributed by atoms with Gasteiger partial charge in [0.25, 0.3) is 10.1 Å². The van der Waals surface area contributed by atoms with E-state index in [1.165, 1.54) is 36.0 Å². The third kappa shape index (κ3) is 8.45. The predicted octanol–water partition coefficient (Wildman–Crippen LogP) is 5.04. The summed E-state index contributed by atoms with van der Waals surface area (Å²) in [5, 5.41) is 1.39. The first kappa shape index (κ1) is 34.7. The molecule has 0 radical (unpaired) electrons. The molecule has 0 spiro atoms. The monoisotopic (exact) mass is 662 g/mol. The van der Waals surface area contributed by atoms with Gasteiger partial charge in [-0.1, -0.05) is 67.0 Å². The Kier molecular flexibility index (Phi) is 11.9. The average Bonchev–Trinajstić information content (AvgIpc) is 3.34. The van der Waals surface area contributed by atoms with Crippen molar-refractivity contribution in [2.75, 3.05) is 5.75 Å². The second kappa shape index (κ2) is 14.3. The molecule has 0 bridgehead atoms. The van der Waals surface area contributed by atoms with Crippen LogP contribution in [0.5, 0.6) is 0 Å². The Bertz CT molecular complexity index is 1710. The molecule has 1 aromatic heterocycles. The predicted molar refractivity (Wildman–Crippen MR) is 159 cm³/mol. The fraction of sp³-hybridized carbons (Fsp3) is 0.241. The van der Waals surface area contributed by atoms with E-state index in [0.29, 0.717) is 26.5 Å². The Morgan fingerprint density at radius 3 is 2.36 bits per heavy atom. The number of benzene rings is 3. The van der Waals surface area contributed by atoms with Gasteiger partial charge in [-0.15, -0.1) is 0 Å². The van der Waals surface area contributed by atoms with E-state index >= 15 is 0 Å². The third-order valence-electron chi connectivity index (χ3n) is 6.63. The van der Waals surface area contributed by atoms with Gasteiger partial charge in [0.1, 0.15) is 11.6 Å². The summed E-state index contributed by atoms with van der Waals surface area (Å²) in [7, 11) is -4.17. The number of rotatable bonds is 11. The van der Waals surface area contributed by atoms with Gasteiger partial charge in [-0.3, -0.25) is 13.9 Å². The average molecular weight is 664 g/mol. The topological polar surface area (TPSA) is 89.3 Å². The van der Waals surface area contributed by atoms with Crippen LogP contribution in [0.25, 0.3) is 5.69 Å². The Morgan fingerprint density at radius 1 is 1.05 bits per heavy atom. The van der Waals surface area contributed by atoms with Crippen LogP contribution in [-0.2, 0) is 21.3 Å². The minimum absolute atomic E-state index is 0. The van der Waals surface area contributed by atoms with Crippen LogP contribution in [0.4, 0.5) is 8.78 Å². The Balaban J connectivity index is 0.00000323. The molecule has 1 heterocycles. The van der Waals surface area contributed by atoms with Crippen molar-refractivity contribution in [3.05, 3.63) is 111 Å². The summed E-state index contributed by atoms with van der Waals surface area (Å²) in [6, 6.07) is 15.5. The summed E-state index contributed by atoms with van der Waals surface area (Å²) in [6.07, 6.45) is 1.52. The van der Waals surface area contributed by atoms with E-state index in [-0.39, 0.29) is 61.0 Å². The third-order valence-corrected chi connectivity index (χ3v) is 9.18. The SMILES string of the molecule is CC(C)(c1ccc(Cl)c(Cl)c1)c1cnc(SCc2ccc(C(=O)CCCS(=O)(=O)O)cc2F)n1-c1ccc(F)cc1.[H-].[Na+]. The molecule has 42 heavy (non-hydrogen) atoms. The zero-order valence-electron chi connectivity index (χ0n) is 24.1. The molecule has 6 nitrogen and oxygen atoms in total. The number of hydrogen-bond donors (Lipinski definition) is 1. The van der Waals surface area contributed by atoms with Crippen molar-refractivity contribution in [1.82, 2.24) is 9.55 Å². The Hall–Kier alpha value is -1.76. The molecule has 1 N–H and O–H groups in total. The summed E-state index contributed by atoms with van der Waals surface area (Å²) < 4.78 is 61.2. The van der Waals surface area contributed by atoms with Crippen molar-refractivity contribution in [3.8, 4) is 5.69 Å². The number of imidazole rings is 1.